The summed E-state index contributed by atoms with van der Waals surface area (Å²) in [5, 5.41) is 57.4. The highest BCUT2D eigenvalue weighted by molar-refractivity contribution is 7.87. The monoisotopic (exact) mass is 1040 g/mol. The molecule has 2 heterocycles. The van der Waals surface area contributed by atoms with E-state index in [2.05, 4.69) is 52.0 Å². The van der Waals surface area contributed by atoms with Gasteiger partial charge in [0.15, 0.2) is 17.3 Å². The number of phenols is 1. The number of hydrogen-bond donors (Lipinski definition) is 11. The number of aryl methyl sites for hydroxylation is 2. The van der Waals surface area contributed by atoms with E-state index < -0.39 is 102 Å². The summed E-state index contributed by atoms with van der Waals surface area (Å²) < 4.78 is 38.6. The lowest BCUT2D eigenvalue weighted by atomic mass is 9.86. The molecule has 6 atom stereocenters. The minimum atomic E-state index is -4.53. The van der Waals surface area contributed by atoms with E-state index in [1.807, 2.05) is 29.0 Å². The van der Waals surface area contributed by atoms with Gasteiger partial charge in [-0.1, -0.05) is 51.1 Å². The molecule has 0 fully saturated rings. The van der Waals surface area contributed by atoms with Crippen LogP contribution in [-0.2, 0) is 41.2 Å². The number of likely N-dealkylation sites (N-methyl/N-ethyl adjacent to an activating group) is 1. The number of amides is 5. The number of aromatic nitrogens is 2. The Balaban J connectivity index is 1.68. The number of hydrogen-bond acceptors (Lipinski definition) is 17. The molecular weight excluding hydrogens is 981 g/mol. The Labute approximate surface area is 428 Å². The minimum Gasteiger partial charge on any atom is -0.504 e. The molecule has 14 N–H and O–H groups in total. The highest BCUT2D eigenvalue weighted by Gasteiger charge is 2.38. The molecule has 74 heavy (non-hydrogen) atoms. The summed E-state index contributed by atoms with van der Waals surface area (Å²) in [4.78, 5) is 81.4. The second-order valence-electron chi connectivity index (χ2n) is 18.7. The summed E-state index contributed by atoms with van der Waals surface area (Å²) in [6.07, 6.45) is -2.60. The Bertz CT molecular complexity index is 2870. The van der Waals surface area contributed by atoms with Gasteiger partial charge in [0, 0.05) is 49.8 Å². The molecule has 0 aliphatic carbocycles. The van der Waals surface area contributed by atoms with Gasteiger partial charge in [-0.25, -0.2) is 15.1 Å². The van der Waals surface area contributed by atoms with E-state index in [0.29, 0.717) is 17.0 Å². The summed E-state index contributed by atoms with van der Waals surface area (Å²) in [6.45, 7) is 8.09. The van der Waals surface area contributed by atoms with Gasteiger partial charge in [0.25, 0.3) is 16.1 Å². The van der Waals surface area contributed by atoms with Crippen LogP contribution in [0.2, 0.25) is 0 Å². The number of benzene rings is 3. The van der Waals surface area contributed by atoms with Crippen LogP contribution in [0.3, 0.4) is 0 Å². The van der Waals surface area contributed by atoms with Gasteiger partial charge in [-0.3, -0.25) is 24.0 Å². The summed E-state index contributed by atoms with van der Waals surface area (Å²) in [5.41, 5.74) is 13.5. The third-order valence-corrected chi connectivity index (χ3v) is 12.5. The number of phenolic OH excluding ortho intramolecular Hbond substituents is 1. The van der Waals surface area contributed by atoms with E-state index in [1.54, 1.807) is 26.0 Å². The molecule has 4 aromatic rings. The van der Waals surface area contributed by atoms with Crippen molar-refractivity contribution in [3.63, 3.8) is 0 Å². The van der Waals surface area contributed by atoms with E-state index in [4.69, 9.17) is 26.1 Å². The quantitative estimate of drug-likeness (QED) is 0.0538. The number of nitrogens with two attached hydrogens (primary N) is 3. The maximum absolute atomic E-state index is 15.0. The molecule has 0 saturated heterocycles. The second-order valence-corrected chi connectivity index (χ2v) is 20.1. The summed E-state index contributed by atoms with van der Waals surface area (Å²) in [6, 6.07) is 9.95. The zero-order chi connectivity index (χ0) is 54.8. The van der Waals surface area contributed by atoms with E-state index in [-0.39, 0.29) is 76.7 Å². The van der Waals surface area contributed by atoms with E-state index in [0.717, 1.165) is 17.5 Å². The first-order valence-corrected chi connectivity index (χ1v) is 24.9. The number of ether oxygens (including phenoxy) is 2. The third-order valence-electron chi connectivity index (χ3n) is 11.9. The lowest BCUT2D eigenvalue weighted by Gasteiger charge is -2.33. The zero-order valence-electron chi connectivity index (χ0n) is 42.1. The van der Waals surface area contributed by atoms with Crippen LogP contribution in [-0.4, -0.2) is 145 Å². The van der Waals surface area contributed by atoms with Crippen molar-refractivity contribution in [1.82, 2.24) is 40.9 Å². The predicted molar refractivity (Wildman–Crippen MR) is 270 cm³/mol. The first-order valence-electron chi connectivity index (χ1n) is 23.3. The number of nitrogens with one attached hydrogen (secondary N) is 5. The number of rotatable bonds is 18. The largest absolute Gasteiger partial charge is 0.504 e. The molecule has 5 rings (SSSR count). The van der Waals surface area contributed by atoms with Crippen molar-refractivity contribution >= 4 is 39.7 Å². The normalized spacial score (nSPS) is 17.3. The molecule has 0 radical (unpaired) electrons. The van der Waals surface area contributed by atoms with Crippen molar-refractivity contribution in [2.24, 2.45) is 16.6 Å². The number of nitrogens with zero attached hydrogens (tertiary/aromatic N) is 4. The first-order chi connectivity index (χ1) is 34.8. The van der Waals surface area contributed by atoms with Crippen LogP contribution in [0.4, 0.5) is 0 Å². The van der Waals surface area contributed by atoms with Crippen molar-refractivity contribution in [3.8, 4) is 45.8 Å². The number of aliphatic hydroxyl groups is 2. The molecule has 25 heteroatoms. The van der Waals surface area contributed by atoms with Crippen molar-refractivity contribution in [1.29, 1.82) is 5.26 Å². The third kappa shape index (κ3) is 14.7. The number of carbonyl (C=O) groups excluding carboxylic acids is 5. The SMILES string of the molecule is Cc1nc(-c2ccc(C(C)(C)C)cc2)nc(C)c1C(=O)NC(CNS(N)(=O)=O)C(=O)N(C)[C@@H]1C(=O)N[C@@H](C)C(=O)N[C@H](C(=O)NCC#N)Cc2ccc(OCC(O)CN)c(c2)-c2cc1cc(OCC(O)CN)c2O. The van der Waals surface area contributed by atoms with Crippen molar-refractivity contribution in [2.75, 3.05) is 46.4 Å². The standard InChI is InChI=1S/C49H64N12O12S/c1-25-40(26(2)57-43(56-25)29-9-11-31(12-10-29)49(4,5)6)46(67)60-37(22-55-74(53,70)71)48(69)61(7)41-30-18-35(42(64)39(19-30)73-24-33(63)21-52)34-16-28(8-13-38(34)72-23-32(62)20-51)17-36(45(66)54-15-14-50)59-44(65)27(3)58-47(41)68/h8-13,16,18-19,27,32-33,36-37,41,55,62-64H,15,17,20-24,51-52H2,1-7H3,(H,54,66)(H,58,68)(H,59,65)(H,60,67)(H2,53,70,71)/t27-,32?,33?,36-,37?,41-/m0/s1. The Morgan fingerprint density at radius 1 is 0.919 bits per heavy atom. The summed E-state index contributed by atoms with van der Waals surface area (Å²) in [7, 11) is -3.37. The van der Waals surface area contributed by atoms with Crippen LogP contribution < -0.4 is 52.1 Å². The number of aromatic hydroxyl groups is 1. The Morgan fingerprint density at radius 3 is 2.09 bits per heavy atom. The van der Waals surface area contributed by atoms with E-state index >= 15 is 0 Å². The molecule has 4 bridgehead atoms. The fourth-order valence-electron chi connectivity index (χ4n) is 7.85. The van der Waals surface area contributed by atoms with Crippen LogP contribution in [0, 0.1) is 25.2 Å². The van der Waals surface area contributed by atoms with Crippen LogP contribution in [0.5, 0.6) is 17.2 Å². The zero-order valence-corrected chi connectivity index (χ0v) is 42.9. The number of fused-ring (bicyclic) bond motifs is 5. The van der Waals surface area contributed by atoms with Crippen LogP contribution in [0.15, 0.2) is 54.6 Å². The summed E-state index contributed by atoms with van der Waals surface area (Å²) >= 11 is 0. The highest BCUT2D eigenvalue weighted by atomic mass is 32.2. The maximum atomic E-state index is 15.0. The molecular formula is C49H64N12O12S. The van der Waals surface area contributed by atoms with Gasteiger partial charge in [-0.05, 0) is 67.1 Å². The summed E-state index contributed by atoms with van der Waals surface area (Å²) in [5.74, 6) is -5.27. The fraction of sp³-hybridized carbons (Fsp3) is 0.429. The van der Waals surface area contributed by atoms with Crippen molar-refractivity contribution in [2.45, 2.75) is 89.8 Å². The van der Waals surface area contributed by atoms with Gasteiger partial charge in [0.2, 0.25) is 23.6 Å². The molecule has 398 valence electrons. The molecule has 5 amide bonds. The predicted octanol–water partition coefficient (Wildman–Crippen LogP) is -0.896. The van der Waals surface area contributed by atoms with E-state index in [9.17, 15) is 53.0 Å². The van der Waals surface area contributed by atoms with Crippen LogP contribution >= 0.6 is 0 Å². The lowest BCUT2D eigenvalue weighted by Crippen LogP contribution is -2.57. The van der Waals surface area contributed by atoms with Crippen molar-refractivity contribution < 1.29 is 57.2 Å². The van der Waals surface area contributed by atoms with Crippen LogP contribution in [0.25, 0.3) is 22.5 Å². The second kappa shape index (κ2) is 24.6. The maximum Gasteiger partial charge on any atom is 0.274 e. The van der Waals surface area contributed by atoms with Crippen LogP contribution in [0.1, 0.15) is 72.2 Å². The van der Waals surface area contributed by atoms with Gasteiger partial charge in [-0.15, -0.1) is 0 Å². The minimum absolute atomic E-state index is 0.0280. The van der Waals surface area contributed by atoms with Gasteiger partial charge in [0.05, 0.1) is 23.0 Å². The molecule has 1 aliphatic rings. The molecule has 1 aromatic heterocycles. The molecule has 24 nitrogen and oxygen atoms in total. The fourth-order valence-corrected chi connectivity index (χ4v) is 8.25. The number of nitriles is 1. The Morgan fingerprint density at radius 2 is 1.53 bits per heavy atom. The van der Waals surface area contributed by atoms with Gasteiger partial charge in [0.1, 0.15) is 61.9 Å². The smallest absolute Gasteiger partial charge is 0.274 e. The van der Waals surface area contributed by atoms with Gasteiger partial charge < -0.3 is 62.4 Å². The topological polar surface area (TPSA) is 390 Å². The van der Waals surface area contributed by atoms with Gasteiger partial charge in [-0.2, -0.15) is 18.4 Å². The first kappa shape index (κ1) is 57.6. The van der Waals surface area contributed by atoms with Gasteiger partial charge >= 0.3 is 0 Å². The molecule has 3 aromatic carbocycles. The van der Waals surface area contributed by atoms with Crippen molar-refractivity contribution in [3.05, 3.63) is 88.2 Å². The molecule has 0 saturated carbocycles. The molecule has 3 unspecified atom stereocenters. The molecule has 0 spiro atoms. The van der Waals surface area contributed by atoms with E-state index in [1.165, 1.54) is 31.2 Å². The Hall–Kier alpha value is -7.31. The lowest BCUT2D eigenvalue weighted by molar-refractivity contribution is -0.141. The number of carbonyl (C=O) groups is 5. The average molecular weight is 1050 g/mol. The Kier molecular flexibility index (Phi) is 19.2. The number of aliphatic hydroxyl groups excluding tert-OH is 2. The molecule has 1 aliphatic heterocycles. The highest BCUT2D eigenvalue weighted by Crippen LogP contribution is 2.45. The average Bonchev–Trinajstić information content (AvgIpc) is 3.34.